The van der Waals surface area contributed by atoms with Gasteiger partial charge in [0.15, 0.2) is 0 Å². The summed E-state index contributed by atoms with van der Waals surface area (Å²) in [6.45, 7) is 0. The highest BCUT2D eigenvalue weighted by Crippen LogP contribution is 2.17. The molecule has 4 heteroatoms. The van der Waals surface area contributed by atoms with Crippen molar-refractivity contribution in [2.24, 2.45) is 0 Å². The van der Waals surface area contributed by atoms with E-state index in [2.05, 4.69) is 4.98 Å². The molecular formula is C13H12ClNOS. The van der Waals surface area contributed by atoms with Crippen LogP contribution in [0.4, 0.5) is 0 Å². The van der Waals surface area contributed by atoms with E-state index in [0.29, 0.717) is 0 Å². The van der Waals surface area contributed by atoms with E-state index in [1.54, 1.807) is 24.0 Å². The number of H-pyrrole nitrogens is 1. The predicted octanol–water partition coefficient (Wildman–Crippen LogP) is 3.36. The van der Waals surface area contributed by atoms with Crippen LogP contribution in [0.3, 0.4) is 0 Å². The minimum Gasteiger partial charge on any atom is -0.328 e. The molecule has 0 bridgehead atoms. The molecule has 0 saturated heterocycles. The van der Waals surface area contributed by atoms with Gasteiger partial charge in [0.25, 0.3) is 0 Å². The second kappa shape index (κ2) is 5.94. The molecular weight excluding hydrogens is 254 g/mol. The summed E-state index contributed by atoms with van der Waals surface area (Å²) in [6, 6.07) is 11.3. The maximum Gasteiger partial charge on any atom is 0.247 e. The SMILES string of the molecule is O=c1ccc(SCCc2ccc(Cl)cc2)c[nH]1. The summed E-state index contributed by atoms with van der Waals surface area (Å²) in [5.74, 6) is 0.980. The van der Waals surface area contributed by atoms with Crippen LogP contribution in [0.2, 0.25) is 5.02 Å². The fourth-order valence-corrected chi connectivity index (χ4v) is 2.43. The lowest BCUT2D eigenvalue weighted by atomic mass is 10.2. The van der Waals surface area contributed by atoms with Crippen molar-refractivity contribution in [1.82, 2.24) is 4.98 Å². The molecule has 0 radical (unpaired) electrons. The quantitative estimate of drug-likeness (QED) is 0.860. The van der Waals surface area contributed by atoms with Gasteiger partial charge in [0.1, 0.15) is 0 Å². The minimum atomic E-state index is -0.0629. The fourth-order valence-electron chi connectivity index (χ4n) is 1.42. The number of aromatic nitrogens is 1. The summed E-state index contributed by atoms with van der Waals surface area (Å²) in [4.78, 5) is 14.6. The molecule has 0 aliphatic heterocycles. The Morgan fingerprint density at radius 2 is 1.88 bits per heavy atom. The van der Waals surface area contributed by atoms with E-state index in [1.807, 2.05) is 30.3 Å². The second-order valence-electron chi connectivity index (χ2n) is 3.61. The van der Waals surface area contributed by atoms with E-state index < -0.39 is 0 Å². The van der Waals surface area contributed by atoms with Gasteiger partial charge in [0, 0.05) is 27.9 Å². The van der Waals surface area contributed by atoms with E-state index >= 15 is 0 Å². The number of thioether (sulfide) groups is 1. The third-order valence-corrected chi connectivity index (χ3v) is 3.58. The van der Waals surface area contributed by atoms with Crippen molar-refractivity contribution >= 4 is 23.4 Å². The van der Waals surface area contributed by atoms with E-state index in [1.165, 1.54) is 5.56 Å². The molecule has 0 spiro atoms. The van der Waals surface area contributed by atoms with Gasteiger partial charge in [-0.15, -0.1) is 11.8 Å². The number of benzene rings is 1. The van der Waals surface area contributed by atoms with Gasteiger partial charge in [-0.3, -0.25) is 4.79 Å². The molecule has 1 aromatic carbocycles. The van der Waals surface area contributed by atoms with Crippen LogP contribution in [0.1, 0.15) is 5.56 Å². The maximum absolute atomic E-state index is 10.9. The van der Waals surface area contributed by atoms with Crippen LogP contribution in [0.15, 0.2) is 52.3 Å². The molecule has 1 aromatic heterocycles. The van der Waals surface area contributed by atoms with E-state index in [-0.39, 0.29) is 5.56 Å². The van der Waals surface area contributed by atoms with Gasteiger partial charge in [0.2, 0.25) is 5.56 Å². The normalized spacial score (nSPS) is 10.4. The summed E-state index contributed by atoms with van der Waals surface area (Å²) in [5.41, 5.74) is 1.21. The van der Waals surface area contributed by atoms with Crippen molar-refractivity contribution in [2.45, 2.75) is 11.3 Å². The van der Waals surface area contributed by atoms with Crippen LogP contribution in [0, 0.1) is 0 Å². The number of aryl methyl sites for hydroxylation is 1. The zero-order chi connectivity index (χ0) is 12.1. The molecule has 1 heterocycles. The predicted molar refractivity (Wildman–Crippen MR) is 72.9 cm³/mol. The minimum absolute atomic E-state index is 0.0629. The van der Waals surface area contributed by atoms with Crippen LogP contribution in [0.5, 0.6) is 0 Å². The highest BCUT2D eigenvalue weighted by atomic mass is 35.5. The van der Waals surface area contributed by atoms with Crippen molar-refractivity contribution in [3.05, 3.63) is 63.5 Å². The number of hydrogen-bond donors (Lipinski definition) is 1. The summed E-state index contributed by atoms with van der Waals surface area (Å²) < 4.78 is 0. The fraction of sp³-hybridized carbons (Fsp3) is 0.154. The van der Waals surface area contributed by atoms with Gasteiger partial charge < -0.3 is 4.98 Å². The monoisotopic (exact) mass is 265 g/mol. The van der Waals surface area contributed by atoms with Gasteiger partial charge >= 0.3 is 0 Å². The van der Waals surface area contributed by atoms with Crippen molar-refractivity contribution in [3.63, 3.8) is 0 Å². The third kappa shape index (κ3) is 3.95. The van der Waals surface area contributed by atoms with Crippen LogP contribution < -0.4 is 5.56 Å². The zero-order valence-electron chi connectivity index (χ0n) is 9.15. The first-order chi connectivity index (χ1) is 8.24. The number of halogens is 1. The molecule has 17 heavy (non-hydrogen) atoms. The molecule has 0 aliphatic rings. The first kappa shape index (κ1) is 12.3. The summed E-state index contributed by atoms with van der Waals surface area (Å²) in [7, 11) is 0. The zero-order valence-corrected chi connectivity index (χ0v) is 10.7. The first-order valence-electron chi connectivity index (χ1n) is 5.30. The van der Waals surface area contributed by atoms with Gasteiger partial charge in [-0.1, -0.05) is 23.7 Å². The molecule has 2 aromatic rings. The molecule has 0 saturated carbocycles. The van der Waals surface area contributed by atoms with Crippen LogP contribution in [-0.2, 0) is 6.42 Å². The third-order valence-electron chi connectivity index (χ3n) is 2.33. The lowest BCUT2D eigenvalue weighted by molar-refractivity contribution is 1.14. The summed E-state index contributed by atoms with van der Waals surface area (Å²) in [6.07, 6.45) is 2.73. The van der Waals surface area contributed by atoms with Gasteiger partial charge in [0.05, 0.1) is 0 Å². The van der Waals surface area contributed by atoms with Crippen LogP contribution >= 0.6 is 23.4 Å². The Hall–Kier alpha value is -1.19. The average Bonchev–Trinajstić information content (AvgIpc) is 2.34. The Morgan fingerprint density at radius 1 is 1.12 bits per heavy atom. The van der Waals surface area contributed by atoms with E-state index in [0.717, 1.165) is 22.1 Å². The maximum atomic E-state index is 10.9. The Bertz CT molecular complexity index is 515. The Labute approximate surface area is 109 Å². The van der Waals surface area contributed by atoms with Crippen molar-refractivity contribution in [3.8, 4) is 0 Å². The molecule has 0 atom stereocenters. The molecule has 1 N–H and O–H groups in total. The van der Waals surface area contributed by atoms with Crippen molar-refractivity contribution in [1.29, 1.82) is 0 Å². The largest absolute Gasteiger partial charge is 0.328 e. The Kier molecular flexibility index (Phi) is 4.29. The summed E-state index contributed by atoms with van der Waals surface area (Å²) >= 11 is 7.54. The van der Waals surface area contributed by atoms with Gasteiger partial charge in [-0.05, 0) is 30.2 Å². The Balaban J connectivity index is 1.85. The number of nitrogens with one attached hydrogen (secondary N) is 1. The van der Waals surface area contributed by atoms with Crippen LogP contribution in [-0.4, -0.2) is 10.7 Å². The molecule has 2 nitrogen and oxygen atoms in total. The van der Waals surface area contributed by atoms with Gasteiger partial charge in [-0.25, -0.2) is 0 Å². The van der Waals surface area contributed by atoms with Crippen molar-refractivity contribution < 1.29 is 0 Å². The number of aromatic amines is 1. The number of hydrogen-bond acceptors (Lipinski definition) is 2. The standard InChI is InChI=1S/C13H12ClNOS/c14-11-3-1-10(2-4-11)7-8-17-12-5-6-13(16)15-9-12/h1-6,9H,7-8H2,(H,15,16). The number of rotatable bonds is 4. The average molecular weight is 266 g/mol. The van der Waals surface area contributed by atoms with Crippen LogP contribution in [0.25, 0.3) is 0 Å². The lowest BCUT2D eigenvalue weighted by Crippen LogP contribution is -2.01. The first-order valence-corrected chi connectivity index (χ1v) is 6.66. The topological polar surface area (TPSA) is 32.9 Å². The highest BCUT2D eigenvalue weighted by Gasteiger charge is 1.96. The smallest absolute Gasteiger partial charge is 0.247 e. The highest BCUT2D eigenvalue weighted by molar-refractivity contribution is 7.99. The van der Waals surface area contributed by atoms with Crippen molar-refractivity contribution in [2.75, 3.05) is 5.75 Å². The number of pyridine rings is 1. The molecule has 0 unspecified atom stereocenters. The Morgan fingerprint density at radius 3 is 2.53 bits per heavy atom. The second-order valence-corrected chi connectivity index (χ2v) is 5.22. The molecule has 0 aliphatic carbocycles. The molecule has 2 rings (SSSR count). The lowest BCUT2D eigenvalue weighted by Gasteiger charge is -2.02. The summed E-state index contributed by atoms with van der Waals surface area (Å²) in [5, 5.41) is 0.766. The van der Waals surface area contributed by atoms with E-state index in [9.17, 15) is 4.79 Å². The molecule has 0 fully saturated rings. The molecule has 88 valence electrons. The molecule has 0 amide bonds. The van der Waals surface area contributed by atoms with E-state index in [4.69, 9.17) is 11.6 Å². The van der Waals surface area contributed by atoms with Gasteiger partial charge in [-0.2, -0.15) is 0 Å².